The molecule has 1 unspecified atom stereocenters. The van der Waals surface area contributed by atoms with Gasteiger partial charge in [0, 0.05) is 43.7 Å². The summed E-state index contributed by atoms with van der Waals surface area (Å²) in [6.45, 7) is 2.65. The Hall–Kier alpha value is -2.17. The van der Waals surface area contributed by atoms with E-state index >= 15 is 0 Å². The lowest BCUT2D eigenvalue weighted by Gasteiger charge is -2.32. The Balaban J connectivity index is 1.56. The van der Waals surface area contributed by atoms with Gasteiger partial charge in [-0.2, -0.15) is 0 Å². The number of hydrogen-bond donors (Lipinski definition) is 0. The molecule has 3 rings (SSSR count). The van der Waals surface area contributed by atoms with Crippen molar-refractivity contribution in [2.24, 2.45) is 5.92 Å². The van der Waals surface area contributed by atoms with Gasteiger partial charge >= 0.3 is 0 Å². The number of ether oxygens (including phenoxy) is 1. The summed E-state index contributed by atoms with van der Waals surface area (Å²) in [6.07, 6.45) is 7.65. The summed E-state index contributed by atoms with van der Waals surface area (Å²) in [5.74, 6) is 2.00. The maximum atomic E-state index is 5.75. The third-order valence-corrected chi connectivity index (χ3v) is 3.46. The van der Waals surface area contributed by atoms with E-state index in [2.05, 4.69) is 19.9 Å². The number of anilines is 1. The number of rotatable bonds is 4. The van der Waals surface area contributed by atoms with Crippen molar-refractivity contribution in [1.29, 1.82) is 0 Å². The van der Waals surface area contributed by atoms with Crippen molar-refractivity contribution in [2.45, 2.75) is 12.8 Å². The lowest BCUT2D eigenvalue weighted by atomic mass is 9.99. The van der Waals surface area contributed by atoms with Crippen LogP contribution in [0.4, 0.5) is 5.95 Å². The summed E-state index contributed by atoms with van der Waals surface area (Å²) in [4.78, 5) is 15.0. The molecule has 3 heterocycles. The first-order valence-electron chi connectivity index (χ1n) is 6.97. The quantitative estimate of drug-likeness (QED) is 0.852. The summed E-state index contributed by atoms with van der Waals surface area (Å²) in [7, 11) is 0. The monoisotopic (exact) mass is 270 g/mol. The number of pyridine rings is 1. The molecule has 0 N–H and O–H groups in total. The second kappa shape index (κ2) is 6.32. The molecule has 5 nitrogen and oxygen atoms in total. The molecule has 0 aliphatic carbocycles. The molecule has 104 valence electrons. The van der Waals surface area contributed by atoms with Gasteiger partial charge in [-0.3, -0.25) is 0 Å². The highest BCUT2D eigenvalue weighted by molar-refractivity contribution is 5.29. The smallest absolute Gasteiger partial charge is 0.225 e. The zero-order valence-corrected chi connectivity index (χ0v) is 11.4. The predicted molar refractivity (Wildman–Crippen MR) is 76.7 cm³/mol. The van der Waals surface area contributed by atoms with Crippen LogP contribution in [-0.2, 0) is 0 Å². The first kappa shape index (κ1) is 12.8. The highest BCUT2D eigenvalue weighted by atomic mass is 16.5. The number of aromatic nitrogens is 3. The van der Waals surface area contributed by atoms with E-state index in [1.54, 1.807) is 18.6 Å². The molecule has 1 atom stereocenters. The van der Waals surface area contributed by atoms with Crippen LogP contribution in [0.25, 0.3) is 0 Å². The molecule has 2 aromatic rings. The van der Waals surface area contributed by atoms with Crippen LogP contribution in [0.2, 0.25) is 0 Å². The molecule has 1 fully saturated rings. The summed E-state index contributed by atoms with van der Waals surface area (Å²) in [6, 6.07) is 7.56. The Bertz CT molecular complexity index is 520. The largest absolute Gasteiger partial charge is 0.477 e. The van der Waals surface area contributed by atoms with Crippen molar-refractivity contribution in [2.75, 3.05) is 24.6 Å². The molecule has 0 bridgehead atoms. The van der Waals surface area contributed by atoms with Gasteiger partial charge < -0.3 is 9.64 Å². The van der Waals surface area contributed by atoms with Crippen molar-refractivity contribution < 1.29 is 4.74 Å². The Morgan fingerprint density at radius 1 is 1.10 bits per heavy atom. The van der Waals surface area contributed by atoms with Crippen LogP contribution >= 0.6 is 0 Å². The summed E-state index contributed by atoms with van der Waals surface area (Å²) < 4.78 is 5.75. The molecule has 1 saturated heterocycles. The van der Waals surface area contributed by atoms with E-state index in [0.717, 1.165) is 25.5 Å². The van der Waals surface area contributed by atoms with Gasteiger partial charge in [0.2, 0.25) is 11.8 Å². The van der Waals surface area contributed by atoms with Crippen molar-refractivity contribution >= 4 is 5.95 Å². The Labute approximate surface area is 118 Å². The van der Waals surface area contributed by atoms with Crippen LogP contribution in [-0.4, -0.2) is 34.6 Å². The average molecular weight is 270 g/mol. The minimum atomic E-state index is 0.495. The fraction of sp³-hybridized carbons (Fsp3) is 0.400. The standard InChI is InChI=1S/C15H18N4O/c1-2-7-16-14(6-1)20-12-13-5-3-10-19(11-13)15-17-8-4-9-18-15/h1-2,4,6-9,13H,3,5,10-12H2. The lowest BCUT2D eigenvalue weighted by molar-refractivity contribution is 0.221. The van der Waals surface area contributed by atoms with Gasteiger partial charge in [0.05, 0.1) is 6.61 Å². The van der Waals surface area contributed by atoms with Gasteiger partial charge in [0.15, 0.2) is 0 Å². The maximum absolute atomic E-state index is 5.75. The molecular weight excluding hydrogens is 252 g/mol. The molecule has 2 aromatic heterocycles. The van der Waals surface area contributed by atoms with Crippen LogP contribution in [0.15, 0.2) is 42.9 Å². The lowest BCUT2D eigenvalue weighted by Crippen LogP contribution is -2.38. The SMILES string of the molecule is c1ccc(OCC2CCCN(c3ncccn3)C2)nc1. The fourth-order valence-corrected chi connectivity index (χ4v) is 2.47. The van der Waals surface area contributed by atoms with E-state index in [0.29, 0.717) is 18.4 Å². The number of piperidine rings is 1. The zero-order chi connectivity index (χ0) is 13.6. The van der Waals surface area contributed by atoms with E-state index in [9.17, 15) is 0 Å². The van der Waals surface area contributed by atoms with Crippen molar-refractivity contribution in [3.8, 4) is 5.88 Å². The molecule has 1 aliphatic rings. The Morgan fingerprint density at radius 3 is 2.75 bits per heavy atom. The first-order chi connectivity index (χ1) is 9.92. The van der Waals surface area contributed by atoms with E-state index in [1.807, 2.05) is 24.3 Å². The van der Waals surface area contributed by atoms with Crippen molar-refractivity contribution in [3.05, 3.63) is 42.9 Å². The van der Waals surface area contributed by atoms with E-state index in [1.165, 1.54) is 6.42 Å². The summed E-state index contributed by atoms with van der Waals surface area (Å²) >= 11 is 0. The van der Waals surface area contributed by atoms with Gasteiger partial charge in [-0.25, -0.2) is 15.0 Å². The molecule has 0 saturated carbocycles. The highest BCUT2D eigenvalue weighted by Gasteiger charge is 2.22. The maximum Gasteiger partial charge on any atom is 0.225 e. The van der Waals surface area contributed by atoms with E-state index in [-0.39, 0.29) is 0 Å². The normalized spacial score (nSPS) is 18.8. The van der Waals surface area contributed by atoms with Crippen LogP contribution in [0.3, 0.4) is 0 Å². The second-order valence-electron chi connectivity index (χ2n) is 4.98. The number of nitrogens with zero attached hydrogens (tertiary/aromatic N) is 4. The molecule has 1 aliphatic heterocycles. The van der Waals surface area contributed by atoms with Gasteiger partial charge in [-0.15, -0.1) is 0 Å². The minimum absolute atomic E-state index is 0.495. The molecule has 5 heteroatoms. The molecule has 0 spiro atoms. The van der Waals surface area contributed by atoms with Crippen molar-refractivity contribution in [3.63, 3.8) is 0 Å². The van der Waals surface area contributed by atoms with Crippen LogP contribution in [0.5, 0.6) is 5.88 Å². The molecule has 0 amide bonds. The predicted octanol–water partition coefficient (Wildman–Crippen LogP) is 2.17. The summed E-state index contributed by atoms with van der Waals surface area (Å²) in [5, 5.41) is 0. The molecule has 0 radical (unpaired) electrons. The summed E-state index contributed by atoms with van der Waals surface area (Å²) in [5.41, 5.74) is 0. The molecular formula is C15H18N4O. The molecule has 0 aromatic carbocycles. The van der Waals surface area contributed by atoms with Gasteiger partial charge in [0.1, 0.15) is 0 Å². The molecule has 20 heavy (non-hydrogen) atoms. The van der Waals surface area contributed by atoms with Crippen LogP contribution in [0, 0.1) is 5.92 Å². The topological polar surface area (TPSA) is 51.1 Å². The average Bonchev–Trinajstić information content (AvgIpc) is 2.55. The van der Waals surface area contributed by atoms with Crippen molar-refractivity contribution in [1.82, 2.24) is 15.0 Å². The van der Waals surface area contributed by atoms with Crippen LogP contribution in [0.1, 0.15) is 12.8 Å². The third-order valence-electron chi connectivity index (χ3n) is 3.46. The van der Waals surface area contributed by atoms with Crippen LogP contribution < -0.4 is 9.64 Å². The second-order valence-corrected chi connectivity index (χ2v) is 4.98. The van der Waals surface area contributed by atoms with Gasteiger partial charge in [0.25, 0.3) is 0 Å². The van der Waals surface area contributed by atoms with Gasteiger partial charge in [-0.1, -0.05) is 6.07 Å². The third kappa shape index (κ3) is 3.23. The van der Waals surface area contributed by atoms with E-state index in [4.69, 9.17) is 4.74 Å². The first-order valence-corrected chi connectivity index (χ1v) is 6.97. The Morgan fingerprint density at radius 2 is 1.95 bits per heavy atom. The minimum Gasteiger partial charge on any atom is -0.477 e. The van der Waals surface area contributed by atoms with E-state index < -0.39 is 0 Å². The highest BCUT2D eigenvalue weighted by Crippen LogP contribution is 2.20. The zero-order valence-electron chi connectivity index (χ0n) is 11.4. The van der Waals surface area contributed by atoms with Gasteiger partial charge in [-0.05, 0) is 25.0 Å². The number of hydrogen-bond acceptors (Lipinski definition) is 5. The Kier molecular flexibility index (Phi) is 4.06. The fourth-order valence-electron chi connectivity index (χ4n) is 2.47.